The largest absolute Gasteiger partial charge is 0.457 e. The van der Waals surface area contributed by atoms with E-state index in [1.165, 1.54) is 0 Å². The van der Waals surface area contributed by atoms with Crippen molar-refractivity contribution >= 4 is 21.9 Å². The van der Waals surface area contributed by atoms with Crippen LogP contribution in [0.2, 0.25) is 0 Å². The van der Waals surface area contributed by atoms with Gasteiger partial charge in [-0.25, -0.2) is 0 Å². The molecule has 0 bridgehead atoms. The molecule has 1 aliphatic rings. The topological polar surface area (TPSA) is 26.3 Å². The predicted octanol–water partition coefficient (Wildman–Crippen LogP) is 3.07. The maximum atomic E-state index is 11.1. The number of rotatable bonds is 1. The fourth-order valence-electron chi connectivity index (χ4n) is 1.72. The molecule has 1 fully saturated rings. The van der Waals surface area contributed by atoms with Gasteiger partial charge in [-0.3, -0.25) is 4.79 Å². The summed E-state index contributed by atoms with van der Waals surface area (Å²) in [4.78, 5) is 11.1. The Bertz CT molecular complexity index is 345. The van der Waals surface area contributed by atoms with Gasteiger partial charge in [-0.15, -0.1) is 0 Å². The molecule has 3 heteroatoms. The fraction of sp³-hybridized carbons (Fsp3) is 0.364. The lowest BCUT2D eigenvalue weighted by Gasteiger charge is -2.13. The quantitative estimate of drug-likeness (QED) is 0.721. The Kier molecular flexibility index (Phi) is 2.59. The summed E-state index contributed by atoms with van der Waals surface area (Å²) in [6.07, 6.45) is 0.469. The summed E-state index contributed by atoms with van der Waals surface area (Å²) >= 11 is 3.37. The molecule has 1 heterocycles. The van der Waals surface area contributed by atoms with Crippen LogP contribution in [0.4, 0.5) is 0 Å². The van der Waals surface area contributed by atoms with Crippen LogP contribution in [0.1, 0.15) is 25.0 Å². The van der Waals surface area contributed by atoms with E-state index in [-0.39, 0.29) is 18.0 Å². The number of benzene rings is 1. The summed E-state index contributed by atoms with van der Waals surface area (Å²) in [7, 11) is 0. The monoisotopic (exact) mass is 254 g/mol. The van der Waals surface area contributed by atoms with Gasteiger partial charge in [0.2, 0.25) is 0 Å². The molecular weight excluding hydrogens is 244 g/mol. The van der Waals surface area contributed by atoms with Gasteiger partial charge in [-0.05, 0) is 17.7 Å². The average Bonchev–Trinajstić information content (AvgIpc) is 2.47. The highest BCUT2D eigenvalue weighted by Crippen LogP contribution is 2.35. The van der Waals surface area contributed by atoms with Crippen molar-refractivity contribution in [2.45, 2.75) is 19.4 Å². The van der Waals surface area contributed by atoms with Crippen LogP contribution in [0.15, 0.2) is 28.7 Å². The molecule has 0 aliphatic carbocycles. The van der Waals surface area contributed by atoms with Gasteiger partial charge in [-0.1, -0.05) is 35.0 Å². The van der Waals surface area contributed by atoms with Crippen molar-refractivity contribution in [1.82, 2.24) is 0 Å². The van der Waals surface area contributed by atoms with Gasteiger partial charge >= 0.3 is 5.97 Å². The maximum Gasteiger partial charge on any atom is 0.306 e. The first kappa shape index (κ1) is 9.71. The number of hydrogen-bond acceptors (Lipinski definition) is 2. The number of hydrogen-bond donors (Lipinski definition) is 0. The molecule has 2 rings (SSSR count). The number of ether oxygens (including phenoxy) is 1. The van der Waals surface area contributed by atoms with Gasteiger partial charge in [0.1, 0.15) is 6.10 Å². The molecule has 1 saturated heterocycles. The maximum absolute atomic E-state index is 11.1. The minimum absolute atomic E-state index is 0.0596. The van der Waals surface area contributed by atoms with E-state index < -0.39 is 0 Å². The molecule has 0 spiro atoms. The van der Waals surface area contributed by atoms with Gasteiger partial charge in [0.25, 0.3) is 0 Å². The van der Waals surface area contributed by atoms with Crippen molar-refractivity contribution in [1.29, 1.82) is 0 Å². The molecule has 0 N–H and O–H groups in total. The van der Waals surface area contributed by atoms with Crippen molar-refractivity contribution in [2.75, 3.05) is 0 Å². The highest BCUT2D eigenvalue weighted by molar-refractivity contribution is 9.10. The first-order valence-corrected chi connectivity index (χ1v) is 5.41. The van der Waals surface area contributed by atoms with Crippen molar-refractivity contribution in [3.05, 3.63) is 34.3 Å². The van der Waals surface area contributed by atoms with E-state index >= 15 is 0 Å². The van der Waals surface area contributed by atoms with Gasteiger partial charge in [0, 0.05) is 10.4 Å². The van der Waals surface area contributed by atoms with Gasteiger partial charge < -0.3 is 4.74 Å². The molecule has 1 aromatic carbocycles. The molecule has 1 aliphatic heterocycles. The van der Waals surface area contributed by atoms with E-state index in [4.69, 9.17) is 4.74 Å². The summed E-state index contributed by atoms with van der Waals surface area (Å²) in [6, 6.07) is 7.91. The van der Waals surface area contributed by atoms with Crippen molar-refractivity contribution in [2.24, 2.45) is 5.92 Å². The average molecular weight is 255 g/mol. The minimum atomic E-state index is -0.0922. The van der Waals surface area contributed by atoms with Crippen LogP contribution in [-0.4, -0.2) is 5.97 Å². The first-order valence-electron chi connectivity index (χ1n) is 4.62. The Balaban J connectivity index is 2.23. The first-order chi connectivity index (χ1) is 6.66. The number of esters is 1. The molecule has 2 nitrogen and oxygen atoms in total. The lowest BCUT2D eigenvalue weighted by Crippen LogP contribution is -2.03. The van der Waals surface area contributed by atoms with Crippen LogP contribution < -0.4 is 0 Å². The zero-order valence-electron chi connectivity index (χ0n) is 7.87. The normalized spacial score (nSPS) is 26.3. The van der Waals surface area contributed by atoms with Crippen LogP contribution in [0.25, 0.3) is 0 Å². The Morgan fingerprint density at radius 2 is 2.00 bits per heavy atom. The van der Waals surface area contributed by atoms with E-state index in [1.54, 1.807) is 0 Å². The molecule has 74 valence electrons. The second-order valence-corrected chi connectivity index (χ2v) is 4.56. The van der Waals surface area contributed by atoms with Gasteiger partial charge in [-0.2, -0.15) is 0 Å². The second-order valence-electron chi connectivity index (χ2n) is 3.64. The predicted molar refractivity (Wildman–Crippen MR) is 56.8 cm³/mol. The Morgan fingerprint density at radius 1 is 1.36 bits per heavy atom. The zero-order chi connectivity index (χ0) is 10.1. The molecule has 1 aromatic rings. The molecule has 2 atom stereocenters. The van der Waals surface area contributed by atoms with Crippen LogP contribution in [-0.2, 0) is 9.53 Å². The van der Waals surface area contributed by atoms with Crippen LogP contribution >= 0.6 is 15.9 Å². The molecule has 14 heavy (non-hydrogen) atoms. The van der Waals surface area contributed by atoms with E-state index in [0.717, 1.165) is 10.0 Å². The summed E-state index contributed by atoms with van der Waals surface area (Å²) in [5.74, 6) is 0.189. The third-order valence-electron chi connectivity index (χ3n) is 2.46. The number of halogens is 1. The standard InChI is InChI=1S/C11H11BrO2/c1-7-6-10(13)14-11(7)8-2-4-9(12)5-3-8/h2-5,7,11H,6H2,1H3. The second kappa shape index (κ2) is 3.73. The highest BCUT2D eigenvalue weighted by atomic mass is 79.9. The number of cyclic esters (lactones) is 1. The SMILES string of the molecule is CC1CC(=O)OC1c1ccc(Br)cc1. The molecule has 0 radical (unpaired) electrons. The summed E-state index contributed by atoms with van der Waals surface area (Å²) in [5.41, 5.74) is 1.08. The number of carbonyl (C=O) groups excluding carboxylic acids is 1. The van der Waals surface area contributed by atoms with E-state index in [9.17, 15) is 4.79 Å². The molecule has 2 unspecified atom stereocenters. The zero-order valence-corrected chi connectivity index (χ0v) is 9.45. The molecule has 0 saturated carbocycles. The molecular formula is C11H11BrO2. The Hall–Kier alpha value is -0.830. The van der Waals surface area contributed by atoms with Gasteiger partial charge in [0.15, 0.2) is 0 Å². The highest BCUT2D eigenvalue weighted by Gasteiger charge is 2.32. The molecule has 0 aromatic heterocycles. The third kappa shape index (κ3) is 1.82. The van der Waals surface area contributed by atoms with E-state index in [1.807, 2.05) is 31.2 Å². The summed E-state index contributed by atoms with van der Waals surface area (Å²) < 4.78 is 6.29. The minimum Gasteiger partial charge on any atom is -0.457 e. The lowest BCUT2D eigenvalue weighted by atomic mass is 9.97. The van der Waals surface area contributed by atoms with Crippen LogP contribution in [0, 0.1) is 5.92 Å². The number of carbonyl (C=O) groups is 1. The van der Waals surface area contributed by atoms with Crippen LogP contribution in [0.3, 0.4) is 0 Å². The lowest BCUT2D eigenvalue weighted by molar-refractivity contribution is -0.141. The van der Waals surface area contributed by atoms with Gasteiger partial charge in [0.05, 0.1) is 6.42 Å². The van der Waals surface area contributed by atoms with Crippen molar-refractivity contribution in [3.63, 3.8) is 0 Å². The summed E-state index contributed by atoms with van der Waals surface area (Å²) in [5, 5.41) is 0. The van der Waals surface area contributed by atoms with E-state index in [0.29, 0.717) is 6.42 Å². The third-order valence-corrected chi connectivity index (χ3v) is 2.99. The van der Waals surface area contributed by atoms with E-state index in [2.05, 4.69) is 15.9 Å². The van der Waals surface area contributed by atoms with Crippen LogP contribution in [0.5, 0.6) is 0 Å². The fourth-order valence-corrected chi connectivity index (χ4v) is 1.99. The van der Waals surface area contributed by atoms with Crippen molar-refractivity contribution < 1.29 is 9.53 Å². The smallest absolute Gasteiger partial charge is 0.306 e. The summed E-state index contributed by atoms with van der Waals surface area (Å²) in [6.45, 7) is 2.04. The Morgan fingerprint density at radius 3 is 2.50 bits per heavy atom. The Labute approximate surface area is 91.4 Å². The molecule has 0 amide bonds. The van der Waals surface area contributed by atoms with Crippen molar-refractivity contribution in [3.8, 4) is 0 Å².